The quantitative estimate of drug-likeness (QED) is 0.601. The van der Waals surface area contributed by atoms with Gasteiger partial charge in [-0.15, -0.1) is 9.61 Å². The van der Waals surface area contributed by atoms with Crippen LogP contribution in [-0.2, 0) is 0 Å². The number of hydrogen-bond acceptors (Lipinski definition) is 5. The molecule has 4 aromatic rings. The zero-order valence-corrected chi connectivity index (χ0v) is 14.0. The molecule has 2 heterocycles. The summed E-state index contributed by atoms with van der Waals surface area (Å²) in [6.45, 7) is 0. The highest BCUT2D eigenvalue weighted by Gasteiger charge is 2.16. The monoisotopic (exact) mass is 366 g/mol. The molecule has 0 fully saturated rings. The first-order chi connectivity index (χ1) is 12.6. The summed E-state index contributed by atoms with van der Waals surface area (Å²) in [7, 11) is 0. The van der Waals surface area contributed by atoms with Gasteiger partial charge in [0, 0.05) is 5.56 Å². The first-order valence-electron chi connectivity index (χ1n) is 7.63. The summed E-state index contributed by atoms with van der Waals surface area (Å²) in [5.74, 6) is -0.226. The van der Waals surface area contributed by atoms with Crippen LogP contribution in [0.15, 0.2) is 70.0 Å². The van der Waals surface area contributed by atoms with E-state index in [-0.39, 0.29) is 28.0 Å². The molecule has 0 aliphatic carbocycles. The van der Waals surface area contributed by atoms with Gasteiger partial charge in [0.05, 0.1) is 16.8 Å². The van der Waals surface area contributed by atoms with E-state index in [1.807, 2.05) is 18.2 Å². The zero-order valence-electron chi connectivity index (χ0n) is 13.2. The summed E-state index contributed by atoms with van der Waals surface area (Å²) < 4.78 is 6.51. The first kappa shape index (κ1) is 16.0. The molecule has 0 atom stereocenters. The van der Waals surface area contributed by atoms with Gasteiger partial charge in [0.15, 0.2) is 0 Å². The van der Waals surface area contributed by atoms with E-state index < -0.39 is 11.5 Å². The summed E-state index contributed by atoms with van der Waals surface area (Å²) >= 11 is 6.00. The Labute approximate surface area is 151 Å². The topological polar surface area (TPSA) is 89.5 Å². The minimum Gasteiger partial charge on any atom is -0.403 e. The van der Waals surface area contributed by atoms with Crippen molar-refractivity contribution in [3.63, 3.8) is 0 Å². The Hall–Kier alpha value is -3.45. The second-order valence-corrected chi connectivity index (χ2v) is 5.79. The lowest BCUT2D eigenvalue weighted by molar-refractivity contribution is 0.102. The molecular formula is C18H11ClN4O3. The highest BCUT2D eigenvalue weighted by atomic mass is 35.5. The van der Waals surface area contributed by atoms with Crippen LogP contribution in [0.3, 0.4) is 0 Å². The van der Waals surface area contributed by atoms with E-state index >= 15 is 0 Å². The van der Waals surface area contributed by atoms with E-state index in [9.17, 15) is 9.59 Å². The number of carbonyl (C=O) groups is 1. The van der Waals surface area contributed by atoms with Crippen molar-refractivity contribution < 1.29 is 9.21 Å². The number of fused-ring (bicyclic) bond motifs is 1. The second-order valence-electron chi connectivity index (χ2n) is 5.38. The summed E-state index contributed by atoms with van der Waals surface area (Å²) in [6, 6.07) is 15.7. The van der Waals surface area contributed by atoms with E-state index in [1.54, 1.807) is 36.4 Å². The maximum atomic E-state index is 12.6. The molecule has 2 aromatic carbocycles. The van der Waals surface area contributed by atoms with Crippen LogP contribution in [0.1, 0.15) is 10.4 Å². The number of carbonyl (C=O) groups excluding carboxylic acids is 1. The van der Waals surface area contributed by atoms with Gasteiger partial charge in [-0.3, -0.25) is 9.59 Å². The van der Waals surface area contributed by atoms with E-state index in [4.69, 9.17) is 16.0 Å². The SMILES string of the molecule is O=C(Nc1cnc2oc(-c3ccccc3)nn2c1=O)c1ccccc1Cl. The van der Waals surface area contributed by atoms with Crippen LogP contribution in [0.4, 0.5) is 5.69 Å². The van der Waals surface area contributed by atoms with Crippen LogP contribution < -0.4 is 10.9 Å². The van der Waals surface area contributed by atoms with Crippen molar-refractivity contribution in [1.29, 1.82) is 0 Å². The number of rotatable bonds is 3. The summed E-state index contributed by atoms with van der Waals surface area (Å²) in [5.41, 5.74) is 0.379. The van der Waals surface area contributed by atoms with Crippen molar-refractivity contribution in [3.05, 3.63) is 81.7 Å². The number of nitrogens with one attached hydrogen (secondary N) is 1. The molecule has 0 radical (unpaired) electrons. The first-order valence-corrected chi connectivity index (χ1v) is 8.01. The number of benzene rings is 2. The predicted molar refractivity (Wildman–Crippen MR) is 96.4 cm³/mol. The van der Waals surface area contributed by atoms with Gasteiger partial charge in [0.2, 0.25) is 5.89 Å². The van der Waals surface area contributed by atoms with Crippen molar-refractivity contribution >= 4 is 29.0 Å². The third-order valence-corrected chi connectivity index (χ3v) is 4.00. The molecule has 1 N–H and O–H groups in total. The lowest BCUT2D eigenvalue weighted by Gasteiger charge is -2.05. The lowest BCUT2D eigenvalue weighted by atomic mass is 10.2. The molecule has 1 amide bonds. The molecule has 0 saturated carbocycles. The highest BCUT2D eigenvalue weighted by Crippen LogP contribution is 2.19. The third kappa shape index (κ3) is 2.84. The van der Waals surface area contributed by atoms with Gasteiger partial charge in [-0.05, 0) is 24.3 Å². The molecule has 8 heteroatoms. The van der Waals surface area contributed by atoms with Gasteiger partial charge in [-0.1, -0.05) is 41.9 Å². The minimum absolute atomic E-state index is 0.0275. The zero-order chi connectivity index (χ0) is 18.1. The van der Waals surface area contributed by atoms with Gasteiger partial charge >= 0.3 is 11.4 Å². The molecule has 4 rings (SSSR count). The molecule has 0 aliphatic rings. The number of hydrogen-bond donors (Lipinski definition) is 1. The van der Waals surface area contributed by atoms with Gasteiger partial charge in [0.1, 0.15) is 5.69 Å². The fourth-order valence-electron chi connectivity index (χ4n) is 2.40. The van der Waals surface area contributed by atoms with E-state index in [1.165, 1.54) is 6.20 Å². The van der Waals surface area contributed by atoms with E-state index in [2.05, 4.69) is 15.4 Å². The van der Waals surface area contributed by atoms with Gasteiger partial charge in [0.25, 0.3) is 5.91 Å². The lowest BCUT2D eigenvalue weighted by Crippen LogP contribution is -2.23. The van der Waals surface area contributed by atoms with Crippen molar-refractivity contribution in [1.82, 2.24) is 14.6 Å². The van der Waals surface area contributed by atoms with Crippen molar-refractivity contribution in [2.45, 2.75) is 0 Å². The Morgan fingerprint density at radius 2 is 1.81 bits per heavy atom. The van der Waals surface area contributed by atoms with Crippen LogP contribution >= 0.6 is 11.6 Å². The molecule has 7 nitrogen and oxygen atoms in total. The Balaban J connectivity index is 1.71. The maximum absolute atomic E-state index is 12.6. The van der Waals surface area contributed by atoms with Crippen molar-refractivity contribution in [2.75, 3.05) is 5.32 Å². The van der Waals surface area contributed by atoms with Gasteiger partial charge < -0.3 is 9.73 Å². The van der Waals surface area contributed by atoms with E-state index in [0.29, 0.717) is 5.56 Å². The Kier molecular flexibility index (Phi) is 3.98. The average molecular weight is 367 g/mol. The summed E-state index contributed by atoms with van der Waals surface area (Å²) in [5, 5.41) is 6.93. The number of amides is 1. The Morgan fingerprint density at radius 3 is 2.58 bits per heavy atom. The summed E-state index contributed by atoms with van der Waals surface area (Å²) in [6.07, 6.45) is 1.23. The van der Waals surface area contributed by atoms with Crippen LogP contribution in [-0.4, -0.2) is 20.5 Å². The number of halogens is 1. The number of anilines is 1. The minimum atomic E-state index is -0.554. The molecule has 128 valence electrons. The van der Waals surface area contributed by atoms with Gasteiger partial charge in [-0.25, -0.2) is 4.98 Å². The van der Waals surface area contributed by atoms with Crippen LogP contribution in [0.2, 0.25) is 5.02 Å². The number of nitrogens with zero attached hydrogens (tertiary/aromatic N) is 3. The Bertz CT molecular complexity index is 1170. The molecule has 0 unspecified atom stereocenters. The molecule has 0 bridgehead atoms. The fourth-order valence-corrected chi connectivity index (χ4v) is 2.63. The van der Waals surface area contributed by atoms with Crippen molar-refractivity contribution in [2.24, 2.45) is 0 Å². The molecular weight excluding hydrogens is 356 g/mol. The largest absolute Gasteiger partial charge is 0.403 e. The molecule has 2 aromatic heterocycles. The second kappa shape index (κ2) is 6.45. The Morgan fingerprint density at radius 1 is 1.08 bits per heavy atom. The fraction of sp³-hybridized carbons (Fsp3) is 0. The van der Waals surface area contributed by atoms with Crippen molar-refractivity contribution in [3.8, 4) is 11.5 Å². The average Bonchev–Trinajstić information content (AvgIpc) is 3.10. The summed E-state index contributed by atoms with van der Waals surface area (Å²) in [4.78, 5) is 29.0. The highest BCUT2D eigenvalue weighted by molar-refractivity contribution is 6.34. The molecule has 0 aliphatic heterocycles. The third-order valence-electron chi connectivity index (χ3n) is 3.67. The van der Waals surface area contributed by atoms with Gasteiger partial charge in [-0.2, -0.15) is 0 Å². The van der Waals surface area contributed by atoms with Crippen LogP contribution in [0.5, 0.6) is 0 Å². The molecule has 0 spiro atoms. The molecule has 0 saturated heterocycles. The number of aromatic nitrogens is 3. The normalized spacial score (nSPS) is 10.8. The van der Waals surface area contributed by atoms with Crippen LogP contribution in [0, 0.1) is 0 Å². The van der Waals surface area contributed by atoms with E-state index in [0.717, 1.165) is 4.52 Å². The smallest absolute Gasteiger partial charge is 0.328 e. The standard InChI is InChI=1S/C18H11ClN4O3/c19-13-9-5-4-8-12(13)15(24)21-14-10-20-18-23(17(14)25)22-16(26-18)11-6-2-1-3-7-11/h1-10H,(H,21,24). The predicted octanol–water partition coefficient (Wildman–Crippen LogP) is 3.26. The maximum Gasteiger partial charge on any atom is 0.328 e. The molecule has 26 heavy (non-hydrogen) atoms. The van der Waals surface area contributed by atoms with Crippen LogP contribution in [0.25, 0.3) is 17.3 Å².